The molecule has 0 radical (unpaired) electrons. The Hall–Kier alpha value is -2.60. The van der Waals surface area contributed by atoms with E-state index in [1.807, 2.05) is 36.4 Å². The number of pyridine rings is 1. The number of aromatic amines is 1. The van der Waals surface area contributed by atoms with Crippen molar-refractivity contribution in [1.29, 1.82) is 0 Å². The lowest BCUT2D eigenvalue weighted by Gasteiger charge is -2.03. The van der Waals surface area contributed by atoms with Crippen molar-refractivity contribution in [2.45, 2.75) is 0 Å². The molecule has 0 saturated heterocycles. The highest BCUT2D eigenvalue weighted by Crippen LogP contribution is 2.28. The van der Waals surface area contributed by atoms with E-state index in [0.29, 0.717) is 22.7 Å². The van der Waals surface area contributed by atoms with E-state index < -0.39 is 0 Å². The summed E-state index contributed by atoms with van der Waals surface area (Å²) in [5.41, 5.74) is 2.68. The molecule has 0 aliphatic carbocycles. The minimum Gasteiger partial charge on any atom is -0.497 e. The van der Waals surface area contributed by atoms with Crippen molar-refractivity contribution >= 4 is 26.8 Å². The molecule has 0 amide bonds. The monoisotopic (exact) mass is 369 g/mol. The summed E-state index contributed by atoms with van der Waals surface area (Å²) in [5, 5.41) is 5.44. The number of H-pyrrole nitrogens is 1. The van der Waals surface area contributed by atoms with E-state index in [4.69, 9.17) is 4.74 Å². The van der Waals surface area contributed by atoms with Crippen LogP contribution in [0.25, 0.3) is 27.8 Å². The average Bonchev–Trinajstić information content (AvgIpc) is 2.92. The summed E-state index contributed by atoms with van der Waals surface area (Å²) in [4.78, 5) is 15.8. The van der Waals surface area contributed by atoms with Crippen molar-refractivity contribution in [2.24, 2.45) is 0 Å². The maximum absolute atomic E-state index is 12.7. The number of aromatic nitrogens is 3. The van der Waals surface area contributed by atoms with Gasteiger partial charge in [-0.1, -0.05) is 22.0 Å². The molecule has 0 aromatic heterocycles. The molecule has 5 nitrogen and oxygen atoms in total. The molecule has 0 spiro atoms. The van der Waals surface area contributed by atoms with Gasteiger partial charge in [0.1, 0.15) is 11.4 Å². The van der Waals surface area contributed by atoms with E-state index in [-0.39, 0.29) is 5.56 Å². The van der Waals surface area contributed by atoms with Gasteiger partial charge in [0.15, 0.2) is 0 Å². The number of hydrogen-bond acceptors (Lipinski definition) is 3. The second-order valence-electron chi connectivity index (χ2n) is 5.16. The van der Waals surface area contributed by atoms with Crippen molar-refractivity contribution in [1.82, 2.24) is 14.8 Å². The van der Waals surface area contributed by atoms with Gasteiger partial charge in [0.05, 0.1) is 18.4 Å². The van der Waals surface area contributed by atoms with Gasteiger partial charge in [0.2, 0.25) is 0 Å². The number of nitrogens with one attached hydrogen (secondary N) is 1. The van der Waals surface area contributed by atoms with E-state index in [1.165, 1.54) is 4.68 Å². The van der Waals surface area contributed by atoms with Crippen LogP contribution in [0.2, 0.25) is 0 Å². The quantitative estimate of drug-likeness (QED) is 0.587. The normalized spacial score (nSPS) is 11.2. The van der Waals surface area contributed by atoms with Gasteiger partial charge in [-0.3, -0.25) is 4.79 Å². The Morgan fingerprint density at radius 3 is 2.91 bits per heavy atom. The van der Waals surface area contributed by atoms with E-state index in [1.54, 1.807) is 19.4 Å². The van der Waals surface area contributed by atoms with Gasteiger partial charge in [-0.2, -0.15) is 9.78 Å². The first-order chi connectivity index (χ1) is 11.2. The lowest BCUT2D eigenvalue weighted by molar-refractivity contribution is 0.414. The molecule has 1 N–H and O–H groups in total. The van der Waals surface area contributed by atoms with Gasteiger partial charge in [0, 0.05) is 27.6 Å². The van der Waals surface area contributed by atoms with E-state index in [0.717, 1.165) is 15.4 Å². The van der Waals surface area contributed by atoms with Crippen LogP contribution in [0.15, 0.2) is 57.9 Å². The molecule has 2 aliphatic rings. The number of halogens is 1. The first kappa shape index (κ1) is 14.0. The van der Waals surface area contributed by atoms with Crippen LogP contribution in [-0.2, 0) is 0 Å². The van der Waals surface area contributed by atoms with Gasteiger partial charge in [-0.15, -0.1) is 0 Å². The standard InChI is InChI=1S/C17H12BrN3O2/c1-23-12-4-2-3-11(8-12)21-17(22)14-9-19-15-7-10(18)5-6-13(15)16(14)20-21/h2-9,19H,1H3. The fraction of sp³-hybridized carbons (Fsp3) is 0.0588. The summed E-state index contributed by atoms with van der Waals surface area (Å²) >= 11 is 3.45. The summed E-state index contributed by atoms with van der Waals surface area (Å²) < 4.78 is 7.59. The zero-order valence-electron chi connectivity index (χ0n) is 12.2. The Labute approximate surface area is 140 Å². The predicted octanol–water partition coefficient (Wildman–Crippen LogP) is 3.59. The van der Waals surface area contributed by atoms with Crippen LogP contribution in [0.5, 0.6) is 5.75 Å². The smallest absolute Gasteiger partial charge is 0.282 e. The fourth-order valence-corrected chi connectivity index (χ4v) is 3.01. The summed E-state index contributed by atoms with van der Waals surface area (Å²) in [6.45, 7) is 0. The summed E-state index contributed by atoms with van der Waals surface area (Å²) in [5.74, 6) is 0.682. The Balaban J connectivity index is 2.01. The molecule has 0 atom stereocenters. The molecule has 6 heteroatoms. The highest BCUT2D eigenvalue weighted by Gasteiger charge is 2.19. The van der Waals surface area contributed by atoms with Gasteiger partial charge in [0.25, 0.3) is 5.56 Å². The highest BCUT2D eigenvalue weighted by molar-refractivity contribution is 9.10. The Morgan fingerprint density at radius 1 is 1.22 bits per heavy atom. The lowest BCUT2D eigenvalue weighted by Crippen LogP contribution is -2.14. The molecule has 0 saturated carbocycles. The molecular formula is C17H12BrN3O2. The minimum atomic E-state index is -0.158. The third kappa shape index (κ3) is 2.22. The predicted molar refractivity (Wildman–Crippen MR) is 92.6 cm³/mol. The van der Waals surface area contributed by atoms with E-state index >= 15 is 0 Å². The average molecular weight is 370 g/mol. The second kappa shape index (κ2) is 5.24. The van der Waals surface area contributed by atoms with Crippen molar-refractivity contribution in [3.05, 3.63) is 63.5 Å². The number of nitrogens with zero attached hydrogens (tertiary/aromatic N) is 2. The summed E-state index contributed by atoms with van der Waals surface area (Å²) in [6, 6.07) is 13.1. The fourth-order valence-electron chi connectivity index (χ4n) is 2.65. The number of ether oxygens (including phenoxy) is 1. The second-order valence-corrected chi connectivity index (χ2v) is 6.07. The van der Waals surface area contributed by atoms with Gasteiger partial charge in [-0.25, -0.2) is 0 Å². The molecule has 4 rings (SSSR count). The Morgan fingerprint density at radius 2 is 2.09 bits per heavy atom. The van der Waals surface area contributed by atoms with Crippen molar-refractivity contribution in [2.75, 3.05) is 7.11 Å². The van der Waals surface area contributed by atoms with E-state index in [2.05, 4.69) is 26.0 Å². The third-order valence-electron chi connectivity index (χ3n) is 3.78. The molecule has 114 valence electrons. The maximum atomic E-state index is 12.7. The lowest BCUT2D eigenvalue weighted by atomic mass is 10.1. The first-order valence-electron chi connectivity index (χ1n) is 7.01. The zero-order valence-corrected chi connectivity index (χ0v) is 13.8. The Kier molecular flexibility index (Phi) is 3.20. The van der Waals surface area contributed by atoms with Crippen LogP contribution in [0.4, 0.5) is 0 Å². The number of benzene rings is 2. The van der Waals surface area contributed by atoms with Crippen molar-refractivity contribution < 1.29 is 4.74 Å². The molecule has 0 unspecified atom stereocenters. The van der Waals surface area contributed by atoms with Crippen LogP contribution in [0, 0.1) is 0 Å². The van der Waals surface area contributed by atoms with Crippen LogP contribution < -0.4 is 10.3 Å². The zero-order chi connectivity index (χ0) is 16.0. The molecule has 2 heterocycles. The largest absolute Gasteiger partial charge is 0.497 e. The first-order valence-corrected chi connectivity index (χ1v) is 7.81. The van der Waals surface area contributed by atoms with Crippen molar-refractivity contribution in [3.63, 3.8) is 0 Å². The summed E-state index contributed by atoms with van der Waals surface area (Å²) in [6.07, 6.45) is 1.70. The van der Waals surface area contributed by atoms with Crippen molar-refractivity contribution in [3.8, 4) is 22.7 Å². The SMILES string of the molecule is COc1cccc(-n2nc3c4ccc(Br)cc4[nH]cc-3c2=O)c1. The maximum Gasteiger partial charge on any atom is 0.282 e. The van der Waals surface area contributed by atoms with Crippen LogP contribution in [0.3, 0.4) is 0 Å². The van der Waals surface area contributed by atoms with Gasteiger partial charge >= 0.3 is 0 Å². The van der Waals surface area contributed by atoms with Gasteiger partial charge < -0.3 is 9.72 Å². The van der Waals surface area contributed by atoms with Gasteiger partial charge in [-0.05, 0) is 30.3 Å². The third-order valence-corrected chi connectivity index (χ3v) is 4.28. The molecule has 2 aliphatic heterocycles. The topological polar surface area (TPSA) is 59.9 Å². The van der Waals surface area contributed by atoms with Crippen LogP contribution in [-0.4, -0.2) is 21.9 Å². The Bertz CT molecular complexity index is 1050. The van der Waals surface area contributed by atoms with E-state index in [9.17, 15) is 4.79 Å². The molecule has 0 bridgehead atoms. The van der Waals surface area contributed by atoms with Crippen LogP contribution in [0.1, 0.15) is 0 Å². The number of fused-ring (bicyclic) bond motifs is 3. The molecule has 23 heavy (non-hydrogen) atoms. The molecular weight excluding hydrogens is 358 g/mol. The minimum absolute atomic E-state index is 0.158. The molecule has 2 aromatic rings. The molecule has 2 aromatic carbocycles. The number of hydrogen-bond donors (Lipinski definition) is 1. The molecule has 0 fully saturated rings. The highest BCUT2D eigenvalue weighted by atomic mass is 79.9. The summed E-state index contributed by atoms with van der Waals surface area (Å²) in [7, 11) is 1.59. The van der Waals surface area contributed by atoms with Crippen LogP contribution >= 0.6 is 15.9 Å². The number of rotatable bonds is 2. The number of methoxy groups -OCH3 is 1.